The smallest absolute Gasteiger partial charge is 0.237 e. The van der Waals surface area contributed by atoms with Gasteiger partial charge in [0.2, 0.25) is 5.91 Å². The fourth-order valence-electron chi connectivity index (χ4n) is 3.83. The molecule has 0 radical (unpaired) electrons. The maximum Gasteiger partial charge on any atom is 0.237 e. The number of nitrogens with one attached hydrogen (secondary N) is 2. The van der Waals surface area contributed by atoms with E-state index < -0.39 is 17.7 Å². The molecule has 4 atom stereocenters. The quantitative estimate of drug-likeness (QED) is 0.881. The first-order valence-corrected chi connectivity index (χ1v) is 8.06. The van der Waals surface area contributed by atoms with Crippen LogP contribution in [0.25, 0.3) is 0 Å². The molecule has 1 amide bonds. The Kier molecular flexibility index (Phi) is 5.98. The second-order valence-electron chi connectivity index (χ2n) is 6.47. The van der Waals surface area contributed by atoms with Crippen LogP contribution in [0.1, 0.15) is 50.6 Å². The molecule has 1 heterocycles. The fraction of sp³-hybridized carbons (Fsp3) is 0.588. The van der Waals surface area contributed by atoms with Crippen molar-refractivity contribution in [3.8, 4) is 0 Å². The summed E-state index contributed by atoms with van der Waals surface area (Å²) < 4.78 is 27.5. The van der Waals surface area contributed by atoms with Crippen LogP contribution in [0.4, 0.5) is 8.78 Å². The van der Waals surface area contributed by atoms with Crippen molar-refractivity contribution in [1.29, 1.82) is 0 Å². The highest BCUT2D eigenvalue weighted by atomic mass is 35.5. The summed E-state index contributed by atoms with van der Waals surface area (Å²) in [6, 6.07) is 3.24. The summed E-state index contributed by atoms with van der Waals surface area (Å²) in [6.07, 6.45) is 5.54. The molecule has 0 aromatic heterocycles. The Labute approximate surface area is 141 Å². The van der Waals surface area contributed by atoms with Gasteiger partial charge in [-0.25, -0.2) is 8.78 Å². The van der Waals surface area contributed by atoms with Gasteiger partial charge in [-0.2, -0.15) is 0 Å². The Morgan fingerprint density at radius 1 is 1.26 bits per heavy atom. The topological polar surface area (TPSA) is 41.1 Å². The summed E-state index contributed by atoms with van der Waals surface area (Å²) in [6.45, 7) is 1.61. The molecule has 6 heteroatoms. The van der Waals surface area contributed by atoms with E-state index in [0.29, 0.717) is 12.0 Å². The van der Waals surface area contributed by atoms with E-state index in [9.17, 15) is 13.6 Å². The summed E-state index contributed by atoms with van der Waals surface area (Å²) in [5.74, 6) is -0.851. The zero-order chi connectivity index (χ0) is 15.7. The normalized spacial score (nSPS) is 27.7. The minimum atomic E-state index is -0.682. The Hall–Kier alpha value is -1.20. The summed E-state index contributed by atoms with van der Waals surface area (Å²) >= 11 is 0. The Bertz CT molecular complexity index is 535. The molecule has 1 saturated heterocycles. The predicted octanol–water partition coefficient (Wildman–Crippen LogP) is 3.48. The van der Waals surface area contributed by atoms with Crippen LogP contribution in [0, 0.1) is 17.6 Å². The average molecular weight is 345 g/mol. The van der Waals surface area contributed by atoms with E-state index in [1.807, 2.05) is 0 Å². The predicted molar refractivity (Wildman–Crippen MR) is 87.5 cm³/mol. The standard InChI is InChI=1S/C17H22F2N2O.ClH/c1-10(16-12(18)6-4-7-13(16)19)20-17(22)15-9-11-5-2-3-8-14(11)21-15;/h4,6-7,10-11,14-15,21H,2-3,5,8-9H2,1H3,(H,20,22);1H. The minimum absolute atomic E-state index is 0. The molecule has 1 aromatic rings. The maximum absolute atomic E-state index is 13.8. The van der Waals surface area contributed by atoms with Gasteiger partial charge in [0.15, 0.2) is 0 Å². The molecule has 3 rings (SSSR count). The van der Waals surface area contributed by atoms with Gasteiger partial charge in [0, 0.05) is 11.6 Å². The van der Waals surface area contributed by atoms with Gasteiger partial charge < -0.3 is 10.6 Å². The van der Waals surface area contributed by atoms with Crippen LogP contribution >= 0.6 is 12.4 Å². The molecule has 23 heavy (non-hydrogen) atoms. The SMILES string of the molecule is CC(NC(=O)C1CC2CCCCC2N1)c1c(F)cccc1F.Cl. The number of fused-ring (bicyclic) bond motifs is 1. The van der Waals surface area contributed by atoms with E-state index in [4.69, 9.17) is 0 Å². The lowest BCUT2D eigenvalue weighted by Gasteiger charge is -2.24. The van der Waals surface area contributed by atoms with Crippen LogP contribution < -0.4 is 10.6 Å². The van der Waals surface area contributed by atoms with Crippen molar-refractivity contribution in [1.82, 2.24) is 10.6 Å². The number of hydrogen-bond acceptors (Lipinski definition) is 2. The van der Waals surface area contributed by atoms with Gasteiger partial charge in [-0.1, -0.05) is 18.9 Å². The van der Waals surface area contributed by atoms with Crippen molar-refractivity contribution in [2.45, 2.75) is 57.2 Å². The lowest BCUT2D eigenvalue weighted by molar-refractivity contribution is -0.123. The van der Waals surface area contributed by atoms with Gasteiger partial charge in [0.05, 0.1) is 12.1 Å². The number of carbonyl (C=O) groups excluding carboxylic acids is 1. The van der Waals surface area contributed by atoms with Gasteiger partial charge >= 0.3 is 0 Å². The number of benzene rings is 1. The lowest BCUT2D eigenvalue weighted by atomic mass is 9.85. The van der Waals surface area contributed by atoms with E-state index in [2.05, 4.69) is 10.6 Å². The highest BCUT2D eigenvalue weighted by Gasteiger charge is 2.38. The number of halogens is 3. The van der Waals surface area contributed by atoms with Crippen molar-refractivity contribution in [2.24, 2.45) is 5.92 Å². The van der Waals surface area contributed by atoms with Gasteiger partial charge in [0.25, 0.3) is 0 Å². The van der Waals surface area contributed by atoms with E-state index in [-0.39, 0.29) is 29.9 Å². The molecule has 2 aliphatic rings. The second kappa shape index (κ2) is 7.58. The van der Waals surface area contributed by atoms with Crippen LogP contribution in [-0.2, 0) is 4.79 Å². The third-order valence-electron chi connectivity index (χ3n) is 4.97. The van der Waals surface area contributed by atoms with Crippen molar-refractivity contribution in [2.75, 3.05) is 0 Å². The van der Waals surface area contributed by atoms with Crippen molar-refractivity contribution < 1.29 is 13.6 Å². The van der Waals surface area contributed by atoms with Gasteiger partial charge in [-0.3, -0.25) is 4.79 Å². The molecule has 3 nitrogen and oxygen atoms in total. The first kappa shape index (κ1) is 18.1. The maximum atomic E-state index is 13.8. The third-order valence-corrected chi connectivity index (χ3v) is 4.97. The molecular weight excluding hydrogens is 322 g/mol. The van der Waals surface area contributed by atoms with Crippen molar-refractivity contribution >= 4 is 18.3 Å². The van der Waals surface area contributed by atoms with Crippen LogP contribution in [-0.4, -0.2) is 18.0 Å². The number of amides is 1. The summed E-state index contributed by atoms with van der Waals surface area (Å²) in [7, 11) is 0. The summed E-state index contributed by atoms with van der Waals surface area (Å²) in [4.78, 5) is 12.4. The first-order chi connectivity index (χ1) is 10.6. The van der Waals surface area contributed by atoms with E-state index in [0.717, 1.165) is 12.8 Å². The van der Waals surface area contributed by atoms with Crippen LogP contribution in [0.2, 0.25) is 0 Å². The zero-order valence-corrected chi connectivity index (χ0v) is 14.0. The van der Waals surface area contributed by atoms with E-state index in [1.165, 1.54) is 37.5 Å². The molecule has 0 bridgehead atoms. The molecule has 128 valence electrons. The zero-order valence-electron chi connectivity index (χ0n) is 13.1. The van der Waals surface area contributed by atoms with E-state index in [1.54, 1.807) is 6.92 Å². The lowest BCUT2D eigenvalue weighted by Crippen LogP contribution is -2.44. The monoisotopic (exact) mass is 344 g/mol. The molecule has 1 aromatic carbocycles. The largest absolute Gasteiger partial charge is 0.348 e. The third kappa shape index (κ3) is 3.83. The minimum Gasteiger partial charge on any atom is -0.348 e. The molecule has 2 N–H and O–H groups in total. The summed E-state index contributed by atoms with van der Waals surface area (Å²) in [5, 5.41) is 6.13. The Morgan fingerprint density at radius 2 is 1.91 bits per heavy atom. The molecule has 1 aliphatic carbocycles. The van der Waals surface area contributed by atoms with Crippen LogP contribution in [0.5, 0.6) is 0 Å². The van der Waals surface area contributed by atoms with Gasteiger partial charge in [0.1, 0.15) is 11.6 Å². The first-order valence-electron chi connectivity index (χ1n) is 8.06. The van der Waals surface area contributed by atoms with Crippen molar-refractivity contribution in [3.05, 3.63) is 35.4 Å². The molecular formula is C17H23ClF2N2O. The van der Waals surface area contributed by atoms with Crippen LogP contribution in [0.15, 0.2) is 18.2 Å². The van der Waals surface area contributed by atoms with Gasteiger partial charge in [-0.15, -0.1) is 12.4 Å². The highest BCUT2D eigenvalue weighted by Crippen LogP contribution is 2.33. The molecule has 1 aliphatic heterocycles. The molecule has 2 fully saturated rings. The Morgan fingerprint density at radius 3 is 2.57 bits per heavy atom. The summed E-state index contributed by atoms with van der Waals surface area (Å²) in [5.41, 5.74) is -0.0775. The number of hydrogen-bond donors (Lipinski definition) is 2. The fourth-order valence-corrected chi connectivity index (χ4v) is 3.83. The van der Waals surface area contributed by atoms with Gasteiger partial charge in [-0.05, 0) is 44.2 Å². The number of rotatable bonds is 3. The van der Waals surface area contributed by atoms with Crippen LogP contribution in [0.3, 0.4) is 0 Å². The van der Waals surface area contributed by atoms with E-state index >= 15 is 0 Å². The van der Waals surface area contributed by atoms with Crippen molar-refractivity contribution in [3.63, 3.8) is 0 Å². The Balaban J connectivity index is 0.00000192. The average Bonchev–Trinajstić information content (AvgIpc) is 2.91. The molecule has 1 saturated carbocycles. The highest BCUT2D eigenvalue weighted by molar-refractivity contribution is 5.85. The second-order valence-corrected chi connectivity index (χ2v) is 6.47. The number of carbonyl (C=O) groups is 1. The molecule has 0 spiro atoms. The molecule has 4 unspecified atom stereocenters.